The van der Waals surface area contributed by atoms with E-state index in [2.05, 4.69) is 5.32 Å². The normalized spacial score (nSPS) is 22.0. The van der Waals surface area contributed by atoms with Crippen LogP contribution >= 0.6 is 23.2 Å². The van der Waals surface area contributed by atoms with Gasteiger partial charge in [0.15, 0.2) is 0 Å². The van der Waals surface area contributed by atoms with E-state index in [-0.39, 0.29) is 5.69 Å². The van der Waals surface area contributed by atoms with Gasteiger partial charge in [-0.25, -0.2) is 0 Å². The van der Waals surface area contributed by atoms with Crippen LogP contribution in [0.25, 0.3) is 0 Å². The van der Waals surface area contributed by atoms with E-state index < -0.39 is 23.2 Å². The van der Waals surface area contributed by atoms with Gasteiger partial charge in [-0.3, -0.25) is 9.69 Å². The molecule has 0 radical (unpaired) electrons. The van der Waals surface area contributed by atoms with Gasteiger partial charge < -0.3 is 5.32 Å². The lowest BCUT2D eigenvalue weighted by Crippen LogP contribution is -2.60. The van der Waals surface area contributed by atoms with Gasteiger partial charge in [0.25, 0.3) is 0 Å². The summed E-state index contributed by atoms with van der Waals surface area (Å²) in [5.74, 6) is -1.98. The Bertz CT molecular complexity index is 1510. The number of fused-ring (bicyclic) bond motifs is 5. The van der Waals surface area contributed by atoms with Crippen LogP contribution in [0.1, 0.15) is 22.3 Å². The molecular formula is C28H17Cl2F3N2O. The number of halogens is 5. The molecule has 0 bridgehead atoms. The van der Waals surface area contributed by atoms with Gasteiger partial charge in [0.2, 0.25) is 0 Å². The van der Waals surface area contributed by atoms with Gasteiger partial charge in [-0.1, -0.05) is 83.9 Å². The second-order valence-corrected chi connectivity index (χ2v) is 9.68. The molecule has 3 nitrogen and oxygen atoms in total. The highest BCUT2D eigenvalue weighted by Gasteiger charge is 2.72. The van der Waals surface area contributed by atoms with Gasteiger partial charge in [-0.05, 0) is 47.5 Å². The fourth-order valence-corrected chi connectivity index (χ4v) is 6.19. The molecule has 1 N–H and O–H groups in total. The molecule has 0 unspecified atom stereocenters. The lowest BCUT2D eigenvalue weighted by molar-refractivity contribution is -0.171. The van der Waals surface area contributed by atoms with Crippen molar-refractivity contribution in [2.75, 3.05) is 10.2 Å². The highest BCUT2D eigenvalue weighted by atomic mass is 35.5. The van der Waals surface area contributed by atoms with E-state index in [1.165, 1.54) is 12.1 Å². The van der Waals surface area contributed by atoms with Crippen LogP contribution in [0.2, 0.25) is 10.0 Å². The Morgan fingerprint density at radius 2 is 1.31 bits per heavy atom. The lowest BCUT2D eigenvalue weighted by atomic mass is 9.66. The van der Waals surface area contributed by atoms with Crippen molar-refractivity contribution in [1.29, 1.82) is 0 Å². The van der Waals surface area contributed by atoms with E-state index >= 15 is 0 Å². The molecule has 0 aliphatic carbocycles. The van der Waals surface area contributed by atoms with Crippen molar-refractivity contribution in [2.45, 2.75) is 17.3 Å². The number of rotatable bonds is 2. The number of carbonyl (C=O) groups excluding carboxylic acids is 1. The zero-order valence-electron chi connectivity index (χ0n) is 18.5. The molecule has 0 saturated heterocycles. The standard InChI is InChI=1S/C28H17Cl2F3N2O/c29-19-11-13-23-21(15-19)27(18-9-5-2-6-10-18)26(34-23,17-7-3-1-4-8-17)22-16-20(30)12-14-24(22)35(27)25(36)28(31,32)33/h1-16,34H/t26-,27-/m0/s1. The number of benzene rings is 4. The Kier molecular flexibility index (Phi) is 4.95. The van der Waals surface area contributed by atoms with Gasteiger partial charge in [-0.2, -0.15) is 13.2 Å². The molecule has 2 aliphatic rings. The van der Waals surface area contributed by atoms with Gasteiger partial charge in [0.05, 0.1) is 5.69 Å². The number of nitrogens with one attached hydrogen (secondary N) is 1. The van der Waals surface area contributed by atoms with Gasteiger partial charge >= 0.3 is 12.1 Å². The molecule has 0 spiro atoms. The summed E-state index contributed by atoms with van der Waals surface area (Å²) in [5.41, 5.74) is -0.260. The summed E-state index contributed by atoms with van der Waals surface area (Å²) < 4.78 is 43.0. The van der Waals surface area contributed by atoms with Crippen LogP contribution < -0.4 is 10.2 Å². The molecule has 8 heteroatoms. The smallest absolute Gasteiger partial charge is 0.369 e. The van der Waals surface area contributed by atoms with Gasteiger partial charge in [0.1, 0.15) is 11.1 Å². The minimum Gasteiger partial charge on any atom is -0.369 e. The molecule has 2 aliphatic heterocycles. The van der Waals surface area contributed by atoms with Crippen molar-refractivity contribution in [3.8, 4) is 0 Å². The van der Waals surface area contributed by atoms with Crippen LogP contribution in [0.3, 0.4) is 0 Å². The minimum absolute atomic E-state index is 0.118. The quantitative estimate of drug-likeness (QED) is 0.294. The molecular weight excluding hydrogens is 508 g/mol. The van der Waals surface area contributed by atoms with Gasteiger partial charge in [0, 0.05) is 26.9 Å². The first-order chi connectivity index (χ1) is 17.2. The number of hydrogen-bond donors (Lipinski definition) is 1. The number of alkyl halides is 3. The fourth-order valence-electron chi connectivity index (χ4n) is 5.85. The largest absolute Gasteiger partial charge is 0.471 e. The molecule has 4 aromatic carbocycles. The van der Waals surface area contributed by atoms with E-state index in [4.69, 9.17) is 23.2 Å². The number of hydrogen-bond acceptors (Lipinski definition) is 2. The summed E-state index contributed by atoms with van der Waals surface area (Å²) in [5, 5.41) is 4.21. The summed E-state index contributed by atoms with van der Waals surface area (Å²) in [6.45, 7) is 0. The molecule has 2 atom stereocenters. The zero-order valence-corrected chi connectivity index (χ0v) is 20.0. The Morgan fingerprint density at radius 1 is 0.750 bits per heavy atom. The maximum Gasteiger partial charge on any atom is 0.471 e. The van der Waals surface area contributed by atoms with Crippen molar-refractivity contribution in [3.05, 3.63) is 129 Å². The van der Waals surface area contributed by atoms with E-state index in [9.17, 15) is 18.0 Å². The maximum absolute atomic E-state index is 14.3. The van der Waals surface area contributed by atoms with Crippen LogP contribution in [0.15, 0.2) is 97.1 Å². The molecule has 0 fully saturated rings. The SMILES string of the molecule is O=C(N1c2ccc(Cl)cc2[C@]2(c3ccccc3)Nc3ccc(Cl)cc3[C@]12c1ccccc1)C(F)(F)F. The highest BCUT2D eigenvalue weighted by Crippen LogP contribution is 2.68. The third kappa shape index (κ3) is 2.85. The van der Waals surface area contributed by atoms with Crippen LogP contribution in [0.4, 0.5) is 24.5 Å². The minimum atomic E-state index is -5.15. The summed E-state index contributed by atoms with van der Waals surface area (Å²) in [6, 6.07) is 27.5. The van der Waals surface area contributed by atoms with Crippen LogP contribution in [0.5, 0.6) is 0 Å². The van der Waals surface area contributed by atoms with Crippen molar-refractivity contribution < 1.29 is 18.0 Å². The zero-order chi connectivity index (χ0) is 25.3. The Morgan fingerprint density at radius 3 is 1.92 bits per heavy atom. The predicted molar refractivity (Wildman–Crippen MR) is 135 cm³/mol. The highest BCUT2D eigenvalue weighted by molar-refractivity contribution is 6.31. The topological polar surface area (TPSA) is 32.3 Å². The summed E-state index contributed by atoms with van der Waals surface area (Å²) >= 11 is 12.9. The Labute approximate surface area is 215 Å². The second kappa shape index (κ2) is 7.76. The number of carbonyl (C=O) groups is 1. The summed E-state index contributed by atoms with van der Waals surface area (Å²) in [6.07, 6.45) is -5.15. The second-order valence-electron chi connectivity index (χ2n) is 8.81. The number of nitrogens with zero attached hydrogens (tertiary/aromatic N) is 1. The molecule has 180 valence electrons. The lowest BCUT2D eigenvalue weighted by Gasteiger charge is -2.46. The van der Waals surface area contributed by atoms with Crippen molar-refractivity contribution in [1.82, 2.24) is 0 Å². The number of anilines is 2. The molecule has 1 amide bonds. The maximum atomic E-state index is 14.3. The Hall–Kier alpha value is -3.48. The Balaban J connectivity index is 1.86. The van der Waals surface area contributed by atoms with E-state index in [1.54, 1.807) is 54.6 Å². The van der Waals surface area contributed by atoms with Crippen molar-refractivity contribution in [3.63, 3.8) is 0 Å². The first kappa shape index (κ1) is 23.0. The summed E-state index contributed by atoms with van der Waals surface area (Å²) in [7, 11) is 0. The van der Waals surface area contributed by atoms with Gasteiger partial charge in [-0.15, -0.1) is 0 Å². The van der Waals surface area contributed by atoms with Crippen LogP contribution in [-0.2, 0) is 15.9 Å². The van der Waals surface area contributed by atoms with E-state index in [0.29, 0.717) is 38.0 Å². The number of amides is 1. The molecule has 4 aromatic rings. The monoisotopic (exact) mass is 524 g/mol. The molecule has 36 heavy (non-hydrogen) atoms. The van der Waals surface area contributed by atoms with Crippen LogP contribution in [-0.4, -0.2) is 12.1 Å². The first-order valence-electron chi connectivity index (χ1n) is 11.1. The first-order valence-corrected chi connectivity index (χ1v) is 11.9. The van der Waals surface area contributed by atoms with Crippen LogP contribution in [0, 0.1) is 0 Å². The molecule has 0 aromatic heterocycles. The summed E-state index contributed by atoms with van der Waals surface area (Å²) in [4.78, 5) is 14.3. The molecule has 6 rings (SSSR count). The average Bonchev–Trinajstić information content (AvgIpc) is 3.30. The van der Waals surface area contributed by atoms with Crippen molar-refractivity contribution in [2.24, 2.45) is 0 Å². The average molecular weight is 525 g/mol. The molecule has 2 heterocycles. The molecule has 0 saturated carbocycles. The van der Waals surface area contributed by atoms with E-state index in [0.717, 1.165) is 4.90 Å². The van der Waals surface area contributed by atoms with Crippen molar-refractivity contribution >= 4 is 40.5 Å². The predicted octanol–water partition coefficient (Wildman–Crippen LogP) is 7.52. The third-order valence-electron chi connectivity index (χ3n) is 7.02. The third-order valence-corrected chi connectivity index (χ3v) is 7.49. The fraction of sp³-hybridized carbons (Fsp3) is 0.107. The van der Waals surface area contributed by atoms with E-state index in [1.807, 2.05) is 30.3 Å².